The molecule has 38 heavy (non-hydrogen) atoms. The summed E-state index contributed by atoms with van der Waals surface area (Å²) >= 11 is 0. The molecule has 3 aromatic carbocycles. The number of benzene rings is 3. The molecule has 1 aliphatic rings. The highest BCUT2D eigenvalue weighted by atomic mass is 32.2. The first-order valence-electron chi connectivity index (χ1n) is 12.9. The Morgan fingerprint density at radius 3 is 2.05 bits per heavy atom. The summed E-state index contributed by atoms with van der Waals surface area (Å²) < 4.78 is 38.6. The maximum atomic E-state index is 13.6. The molecule has 0 saturated carbocycles. The predicted octanol–water partition coefficient (Wildman–Crippen LogP) is 4.48. The number of likely N-dealkylation sites (tertiary alicyclic amines) is 1. The second kappa shape index (κ2) is 12.6. The van der Waals surface area contributed by atoms with E-state index in [-0.39, 0.29) is 10.8 Å². The van der Waals surface area contributed by atoms with Crippen LogP contribution in [0.5, 0.6) is 5.75 Å². The van der Waals surface area contributed by atoms with E-state index in [0.717, 1.165) is 55.8 Å². The Labute approximate surface area is 226 Å². The van der Waals surface area contributed by atoms with Crippen molar-refractivity contribution in [1.29, 1.82) is 0 Å². The lowest BCUT2D eigenvalue weighted by Crippen LogP contribution is -2.50. The molecule has 8 heteroatoms. The Balaban J connectivity index is 1.44. The molecule has 202 valence electrons. The molecule has 1 unspecified atom stereocenters. The summed E-state index contributed by atoms with van der Waals surface area (Å²) in [6.45, 7) is 2.57. The third kappa shape index (κ3) is 6.43. The van der Waals surface area contributed by atoms with E-state index in [1.807, 2.05) is 42.5 Å². The molecule has 0 aromatic heterocycles. The third-order valence-electron chi connectivity index (χ3n) is 7.43. The van der Waals surface area contributed by atoms with Crippen LogP contribution < -0.4 is 4.74 Å². The normalized spacial score (nSPS) is 15.8. The molecule has 0 aliphatic carbocycles. The zero-order chi connectivity index (χ0) is 27.1. The molecular weight excluding hydrogens is 500 g/mol. The van der Waals surface area contributed by atoms with Crippen molar-refractivity contribution in [2.75, 3.05) is 40.9 Å². The van der Waals surface area contributed by atoms with E-state index in [1.165, 1.54) is 24.0 Å². The number of ether oxygens (including phenoxy) is 2. The van der Waals surface area contributed by atoms with Crippen LogP contribution in [0, 0.1) is 5.92 Å². The fourth-order valence-corrected chi connectivity index (χ4v) is 6.47. The number of hydrogen-bond acceptors (Lipinski definition) is 6. The van der Waals surface area contributed by atoms with E-state index >= 15 is 0 Å². The molecule has 1 atom stereocenters. The summed E-state index contributed by atoms with van der Waals surface area (Å²) in [5.74, 6) is 0.118. The van der Waals surface area contributed by atoms with Gasteiger partial charge in [-0.1, -0.05) is 54.6 Å². The van der Waals surface area contributed by atoms with Crippen molar-refractivity contribution in [2.45, 2.75) is 30.2 Å². The number of likely N-dealkylation sites (N-methyl/N-ethyl adjacent to an activating group) is 1. The smallest absolute Gasteiger partial charge is 0.324 e. The summed E-state index contributed by atoms with van der Waals surface area (Å²) in [5.41, 5.74) is 3.14. The van der Waals surface area contributed by atoms with Gasteiger partial charge in [0.25, 0.3) is 0 Å². The number of piperidine rings is 1. The average Bonchev–Trinajstić information content (AvgIpc) is 2.97. The zero-order valence-electron chi connectivity index (χ0n) is 22.2. The summed E-state index contributed by atoms with van der Waals surface area (Å²) in [6, 6.07) is 23.8. The first kappa shape index (κ1) is 27.8. The highest BCUT2D eigenvalue weighted by Crippen LogP contribution is 2.30. The van der Waals surface area contributed by atoms with Crippen LogP contribution >= 0.6 is 0 Å². The topological polar surface area (TPSA) is 76.2 Å². The van der Waals surface area contributed by atoms with Crippen LogP contribution in [0.2, 0.25) is 0 Å². The van der Waals surface area contributed by atoms with Gasteiger partial charge in [-0.25, -0.2) is 8.42 Å². The SMILES string of the molecule is COC(=O)C(C1CCN(CCc2ccccc2)CC1)N(C)S(=O)(=O)c1ccc(-c2ccc(OC)cc2)cc1. The molecule has 3 aromatic rings. The molecule has 0 spiro atoms. The van der Waals surface area contributed by atoms with E-state index in [2.05, 4.69) is 17.0 Å². The fourth-order valence-electron chi connectivity index (χ4n) is 5.10. The molecule has 1 fully saturated rings. The van der Waals surface area contributed by atoms with Crippen molar-refractivity contribution in [3.63, 3.8) is 0 Å². The molecule has 0 amide bonds. The van der Waals surface area contributed by atoms with Crippen molar-refractivity contribution in [1.82, 2.24) is 9.21 Å². The van der Waals surface area contributed by atoms with Crippen LogP contribution in [0.4, 0.5) is 0 Å². The minimum atomic E-state index is -3.91. The number of esters is 1. The molecule has 1 aliphatic heterocycles. The van der Waals surface area contributed by atoms with Gasteiger partial charge in [-0.2, -0.15) is 4.31 Å². The van der Waals surface area contributed by atoms with Crippen molar-refractivity contribution in [2.24, 2.45) is 5.92 Å². The molecular formula is C30H36N2O5S. The Kier molecular flexibility index (Phi) is 9.20. The maximum absolute atomic E-state index is 13.6. The van der Waals surface area contributed by atoms with Gasteiger partial charge >= 0.3 is 5.97 Å². The molecule has 4 rings (SSSR count). The minimum absolute atomic E-state index is 0.117. The van der Waals surface area contributed by atoms with Gasteiger partial charge < -0.3 is 14.4 Å². The highest BCUT2D eigenvalue weighted by molar-refractivity contribution is 7.89. The van der Waals surface area contributed by atoms with E-state index in [0.29, 0.717) is 0 Å². The average molecular weight is 537 g/mol. The number of hydrogen-bond donors (Lipinski definition) is 0. The maximum Gasteiger partial charge on any atom is 0.324 e. The van der Waals surface area contributed by atoms with Gasteiger partial charge in [-0.3, -0.25) is 4.79 Å². The van der Waals surface area contributed by atoms with Gasteiger partial charge in [0.05, 0.1) is 19.1 Å². The van der Waals surface area contributed by atoms with Crippen LogP contribution in [-0.2, 0) is 26.0 Å². The largest absolute Gasteiger partial charge is 0.497 e. The van der Waals surface area contributed by atoms with E-state index in [9.17, 15) is 13.2 Å². The summed E-state index contributed by atoms with van der Waals surface area (Å²) in [5, 5.41) is 0. The standard InChI is InChI=1S/C30H36N2O5S/c1-31(38(34,35)28-15-11-25(12-16-28)24-9-13-27(36-2)14-10-24)29(30(33)37-3)26-18-21-32(22-19-26)20-17-23-7-5-4-6-8-23/h4-16,26,29H,17-22H2,1-3H3. The van der Waals surface area contributed by atoms with Gasteiger partial charge in [-0.05, 0) is 79.2 Å². The minimum Gasteiger partial charge on any atom is -0.497 e. The van der Waals surface area contributed by atoms with Gasteiger partial charge in [0, 0.05) is 13.6 Å². The zero-order valence-corrected chi connectivity index (χ0v) is 23.1. The summed E-state index contributed by atoms with van der Waals surface area (Å²) in [7, 11) is 0.496. The van der Waals surface area contributed by atoms with Gasteiger partial charge in [-0.15, -0.1) is 0 Å². The van der Waals surface area contributed by atoms with Crippen LogP contribution in [0.1, 0.15) is 18.4 Å². The lowest BCUT2D eigenvalue weighted by molar-refractivity contribution is -0.147. The van der Waals surface area contributed by atoms with Crippen molar-refractivity contribution in [3.05, 3.63) is 84.4 Å². The predicted molar refractivity (Wildman–Crippen MR) is 148 cm³/mol. The van der Waals surface area contributed by atoms with Crippen LogP contribution in [0.15, 0.2) is 83.8 Å². The van der Waals surface area contributed by atoms with Gasteiger partial charge in [0.1, 0.15) is 11.8 Å². The van der Waals surface area contributed by atoms with Crippen LogP contribution in [0.3, 0.4) is 0 Å². The first-order chi connectivity index (χ1) is 18.3. The van der Waals surface area contributed by atoms with E-state index in [1.54, 1.807) is 31.4 Å². The Morgan fingerprint density at radius 1 is 0.921 bits per heavy atom. The number of sulfonamides is 1. The van der Waals surface area contributed by atoms with Gasteiger partial charge in [0.2, 0.25) is 10.0 Å². The Bertz CT molecular complexity index is 1290. The quantitative estimate of drug-likeness (QED) is 0.356. The monoisotopic (exact) mass is 536 g/mol. The molecule has 0 N–H and O–H groups in total. The molecule has 0 radical (unpaired) electrons. The molecule has 1 heterocycles. The van der Waals surface area contributed by atoms with E-state index in [4.69, 9.17) is 9.47 Å². The van der Waals surface area contributed by atoms with Crippen molar-refractivity contribution >= 4 is 16.0 Å². The second-order valence-corrected chi connectivity index (χ2v) is 11.7. The van der Waals surface area contributed by atoms with E-state index < -0.39 is 22.0 Å². The Morgan fingerprint density at radius 2 is 1.50 bits per heavy atom. The second-order valence-electron chi connectivity index (χ2n) is 9.66. The summed E-state index contributed by atoms with van der Waals surface area (Å²) in [4.78, 5) is 15.4. The fraction of sp³-hybridized carbons (Fsp3) is 0.367. The number of carbonyl (C=O) groups is 1. The lowest BCUT2D eigenvalue weighted by atomic mass is 9.89. The molecule has 1 saturated heterocycles. The summed E-state index contributed by atoms with van der Waals surface area (Å²) in [6.07, 6.45) is 2.42. The number of carbonyl (C=O) groups excluding carboxylic acids is 1. The van der Waals surface area contributed by atoms with Crippen LogP contribution in [-0.4, -0.2) is 70.5 Å². The van der Waals surface area contributed by atoms with Crippen molar-refractivity contribution in [3.8, 4) is 16.9 Å². The Hall–Kier alpha value is -3.20. The first-order valence-corrected chi connectivity index (χ1v) is 14.3. The number of nitrogens with zero attached hydrogens (tertiary/aromatic N) is 2. The lowest BCUT2D eigenvalue weighted by Gasteiger charge is -2.38. The molecule has 0 bridgehead atoms. The highest BCUT2D eigenvalue weighted by Gasteiger charge is 2.40. The van der Waals surface area contributed by atoms with Crippen LogP contribution in [0.25, 0.3) is 11.1 Å². The van der Waals surface area contributed by atoms with Gasteiger partial charge in [0.15, 0.2) is 0 Å². The third-order valence-corrected chi connectivity index (χ3v) is 9.28. The van der Waals surface area contributed by atoms with Crippen molar-refractivity contribution < 1.29 is 22.7 Å². The number of methoxy groups -OCH3 is 2. The molecule has 7 nitrogen and oxygen atoms in total. The number of rotatable bonds is 10.